The zero-order chi connectivity index (χ0) is 14.7. The third-order valence-corrected chi connectivity index (χ3v) is 5.37. The van der Waals surface area contributed by atoms with Gasteiger partial charge >= 0.3 is 0 Å². The number of nitrogens with two attached hydrogens (primary N) is 1. The second-order valence-corrected chi connectivity index (χ2v) is 6.92. The first-order valence-electron chi connectivity index (χ1n) is 8.58. The molecule has 0 spiro atoms. The smallest absolute Gasteiger partial charge is 0.239 e. The van der Waals surface area contributed by atoms with E-state index in [1.165, 1.54) is 25.9 Å². The number of amides is 1. The Labute approximate surface area is 152 Å². The van der Waals surface area contributed by atoms with Gasteiger partial charge in [-0.1, -0.05) is 0 Å². The van der Waals surface area contributed by atoms with Crippen LogP contribution in [-0.2, 0) is 9.53 Å². The van der Waals surface area contributed by atoms with E-state index >= 15 is 0 Å². The highest BCUT2D eigenvalue weighted by atomic mass is 35.5. The normalized spacial score (nSPS) is 27.3. The summed E-state index contributed by atoms with van der Waals surface area (Å²) in [5, 5.41) is 0. The molecule has 0 radical (unpaired) electrons. The third kappa shape index (κ3) is 5.46. The van der Waals surface area contributed by atoms with Crippen LogP contribution in [0.25, 0.3) is 0 Å². The molecule has 23 heavy (non-hydrogen) atoms. The van der Waals surface area contributed by atoms with Crippen molar-refractivity contribution in [3.05, 3.63) is 0 Å². The second-order valence-electron chi connectivity index (χ2n) is 6.92. The summed E-state index contributed by atoms with van der Waals surface area (Å²) in [6.07, 6.45) is 5.67. The molecule has 3 rings (SSSR count). The van der Waals surface area contributed by atoms with Crippen molar-refractivity contribution < 1.29 is 9.53 Å². The highest BCUT2D eigenvalue weighted by Gasteiger charge is 2.34. The van der Waals surface area contributed by atoms with Crippen molar-refractivity contribution in [3.63, 3.8) is 0 Å². The molecule has 0 aromatic heterocycles. The van der Waals surface area contributed by atoms with Gasteiger partial charge in [-0.2, -0.15) is 0 Å². The van der Waals surface area contributed by atoms with E-state index in [0.29, 0.717) is 11.8 Å². The molecule has 0 aliphatic carbocycles. The van der Waals surface area contributed by atoms with Crippen LogP contribution in [-0.4, -0.2) is 67.7 Å². The summed E-state index contributed by atoms with van der Waals surface area (Å²) in [5.41, 5.74) is 6.22. The van der Waals surface area contributed by atoms with Gasteiger partial charge in [0, 0.05) is 32.8 Å². The highest BCUT2D eigenvalue weighted by Crippen LogP contribution is 2.23. The number of ether oxygens (including phenoxy) is 1. The first-order valence-corrected chi connectivity index (χ1v) is 8.58. The second kappa shape index (κ2) is 10.0. The fourth-order valence-corrected chi connectivity index (χ4v) is 4.00. The maximum absolute atomic E-state index is 12.6. The van der Waals surface area contributed by atoms with Crippen molar-refractivity contribution in [3.8, 4) is 0 Å². The maximum Gasteiger partial charge on any atom is 0.239 e. The molecule has 0 bridgehead atoms. The molecule has 3 aliphatic rings. The summed E-state index contributed by atoms with van der Waals surface area (Å²) < 4.78 is 5.36. The van der Waals surface area contributed by atoms with Crippen LogP contribution < -0.4 is 5.73 Å². The van der Waals surface area contributed by atoms with E-state index in [1.807, 2.05) is 4.90 Å². The maximum atomic E-state index is 12.6. The van der Waals surface area contributed by atoms with E-state index in [1.54, 1.807) is 0 Å². The molecule has 3 heterocycles. The van der Waals surface area contributed by atoms with Gasteiger partial charge in [-0.25, -0.2) is 0 Å². The Balaban J connectivity index is 0.00000132. The minimum atomic E-state index is -0.320. The molecule has 3 fully saturated rings. The number of carbonyl (C=O) groups is 1. The van der Waals surface area contributed by atoms with Gasteiger partial charge in [-0.05, 0) is 57.0 Å². The first-order chi connectivity index (χ1) is 10.2. The van der Waals surface area contributed by atoms with Crippen molar-refractivity contribution in [2.45, 2.75) is 38.1 Å². The average Bonchev–Trinajstić information content (AvgIpc) is 3.19. The van der Waals surface area contributed by atoms with Crippen LogP contribution in [0.15, 0.2) is 0 Å². The predicted molar refractivity (Wildman–Crippen MR) is 96.4 cm³/mol. The summed E-state index contributed by atoms with van der Waals surface area (Å²) in [6, 6.07) is -0.320. The van der Waals surface area contributed by atoms with Crippen LogP contribution in [0.1, 0.15) is 32.1 Å². The monoisotopic (exact) mass is 367 g/mol. The van der Waals surface area contributed by atoms with Gasteiger partial charge in [0.25, 0.3) is 0 Å². The lowest BCUT2D eigenvalue weighted by Gasteiger charge is -2.30. The number of rotatable bonds is 4. The van der Waals surface area contributed by atoms with E-state index in [0.717, 1.165) is 52.1 Å². The molecular formula is C16H31Cl2N3O2. The standard InChI is InChI=1S/C16H29N3O2.2ClH/c17-15(14-4-9-21-10-5-14)16(20)19-8-3-13(12-19)11-18-6-1-2-7-18;;/h13-15H,1-12,17H2;2*1H. The van der Waals surface area contributed by atoms with Crippen LogP contribution in [0.4, 0.5) is 0 Å². The number of halogens is 2. The predicted octanol–water partition coefficient (Wildman–Crippen LogP) is 1.53. The molecule has 2 unspecified atom stereocenters. The Bertz CT molecular complexity index is 361. The molecule has 5 nitrogen and oxygen atoms in total. The SMILES string of the molecule is Cl.Cl.NC(C(=O)N1CCC(CN2CCCC2)C1)C1CCOCC1. The first kappa shape index (κ1) is 21.0. The minimum Gasteiger partial charge on any atom is -0.381 e. The Morgan fingerprint density at radius 1 is 1.09 bits per heavy atom. The Morgan fingerprint density at radius 2 is 1.74 bits per heavy atom. The Kier molecular flexibility index (Phi) is 9.16. The zero-order valence-electron chi connectivity index (χ0n) is 13.8. The van der Waals surface area contributed by atoms with Gasteiger partial charge < -0.3 is 20.3 Å². The van der Waals surface area contributed by atoms with E-state index in [9.17, 15) is 4.79 Å². The molecule has 0 aromatic rings. The van der Waals surface area contributed by atoms with Crippen LogP contribution in [0.5, 0.6) is 0 Å². The third-order valence-electron chi connectivity index (χ3n) is 5.37. The van der Waals surface area contributed by atoms with Crippen LogP contribution in [0, 0.1) is 11.8 Å². The molecule has 2 atom stereocenters. The lowest BCUT2D eigenvalue weighted by Crippen LogP contribution is -2.48. The van der Waals surface area contributed by atoms with Gasteiger partial charge in [-0.3, -0.25) is 4.79 Å². The van der Waals surface area contributed by atoms with Crippen molar-refractivity contribution in [2.75, 3.05) is 45.9 Å². The van der Waals surface area contributed by atoms with Gasteiger partial charge in [0.1, 0.15) is 0 Å². The number of likely N-dealkylation sites (tertiary alicyclic amines) is 2. The molecule has 1 amide bonds. The molecular weight excluding hydrogens is 337 g/mol. The topological polar surface area (TPSA) is 58.8 Å². The van der Waals surface area contributed by atoms with Crippen molar-refractivity contribution in [1.29, 1.82) is 0 Å². The van der Waals surface area contributed by atoms with Gasteiger partial charge in [0.05, 0.1) is 6.04 Å². The van der Waals surface area contributed by atoms with Crippen LogP contribution in [0.2, 0.25) is 0 Å². The van der Waals surface area contributed by atoms with Crippen LogP contribution in [0.3, 0.4) is 0 Å². The average molecular weight is 368 g/mol. The molecule has 2 N–H and O–H groups in total. The lowest BCUT2D eigenvalue weighted by atomic mass is 9.91. The summed E-state index contributed by atoms with van der Waals surface area (Å²) >= 11 is 0. The lowest BCUT2D eigenvalue weighted by molar-refractivity contribution is -0.133. The molecule has 0 aromatic carbocycles. The number of hydrogen-bond donors (Lipinski definition) is 1. The number of hydrogen-bond acceptors (Lipinski definition) is 4. The van der Waals surface area contributed by atoms with Crippen molar-refractivity contribution in [1.82, 2.24) is 9.80 Å². The fraction of sp³-hybridized carbons (Fsp3) is 0.938. The molecule has 0 saturated carbocycles. The van der Waals surface area contributed by atoms with Crippen molar-refractivity contribution >= 4 is 30.7 Å². The Hall–Kier alpha value is -0.0700. The zero-order valence-corrected chi connectivity index (χ0v) is 15.5. The van der Waals surface area contributed by atoms with Gasteiger partial charge in [0.2, 0.25) is 5.91 Å². The van der Waals surface area contributed by atoms with Crippen LogP contribution >= 0.6 is 24.8 Å². The fourth-order valence-electron chi connectivity index (χ4n) is 4.00. The van der Waals surface area contributed by atoms with Gasteiger partial charge in [0.15, 0.2) is 0 Å². The summed E-state index contributed by atoms with van der Waals surface area (Å²) in [4.78, 5) is 17.1. The largest absolute Gasteiger partial charge is 0.381 e. The highest BCUT2D eigenvalue weighted by molar-refractivity contribution is 5.85. The quantitative estimate of drug-likeness (QED) is 0.818. The van der Waals surface area contributed by atoms with Gasteiger partial charge in [-0.15, -0.1) is 24.8 Å². The van der Waals surface area contributed by atoms with E-state index < -0.39 is 0 Å². The summed E-state index contributed by atoms with van der Waals surface area (Å²) in [6.45, 7) is 6.96. The number of carbonyl (C=O) groups excluding carboxylic acids is 1. The minimum absolute atomic E-state index is 0. The molecule has 7 heteroatoms. The van der Waals surface area contributed by atoms with E-state index in [2.05, 4.69) is 4.90 Å². The van der Waals surface area contributed by atoms with E-state index in [-0.39, 0.29) is 36.8 Å². The molecule has 136 valence electrons. The molecule has 3 saturated heterocycles. The van der Waals surface area contributed by atoms with Crippen molar-refractivity contribution in [2.24, 2.45) is 17.6 Å². The molecule has 3 aliphatic heterocycles. The summed E-state index contributed by atoms with van der Waals surface area (Å²) in [7, 11) is 0. The summed E-state index contributed by atoms with van der Waals surface area (Å²) in [5.74, 6) is 1.13. The number of nitrogens with zero attached hydrogens (tertiary/aromatic N) is 2. The Morgan fingerprint density at radius 3 is 2.39 bits per heavy atom. The van der Waals surface area contributed by atoms with E-state index in [4.69, 9.17) is 10.5 Å².